The molecule has 18 heavy (non-hydrogen) atoms. The SMILES string of the molecule is OC(CNc1cc(F)c(F)c(F)c1)c1cccs1. The average Bonchev–Trinajstić information content (AvgIpc) is 2.86. The Kier molecular flexibility index (Phi) is 3.88. The maximum absolute atomic E-state index is 12.9. The number of thiophene rings is 1. The molecule has 1 unspecified atom stereocenters. The first-order valence-corrected chi connectivity index (χ1v) is 6.06. The molecule has 0 fully saturated rings. The maximum atomic E-state index is 12.9. The second-order valence-corrected chi connectivity index (χ2v) is 4.65. The molecule has 2 nitrogen and oxygen atoms in total. The van der Waals surface area contributed by atoms with Crippen molar-refractivity contribution in [2.75, 3.05) is 11.9 Å². The van der Waals surface area contributed by atoms with Gasteiger partial charge < -0.3 is 10.4 Å². The van der Waals surface area contributed by atoms with Gasteiger partial charge in [-0.2, -0.15) is 0 Å². The minimum Gasteiger partial charge on any atom is -0.386 e. The Bertz CT molecular complexity index is 507. The van der Waals surface area contributed by atoms with Crippen LogP contribution in [0.2, 0.25) is 0 Å². The fraction of sp³-hybridized carbons (Fsp3) is 0.167. The van der Waals surface area contributed by atoms with Gasteiger partial charge in [0.15, 0.2) is 17.5 Å². The van der Waals surface area contributed by atoms with E-state index < -0.39 is 23.6 Å². The van der Waals surface area contributed by atoms with Crippen LogP contribution in [0.15, 0.2) is 29.6 Å². The van der Waals surface area contributed by atoms with Gasteiger partial charge in [-0.3, -0.25) is 0 Å². The van der Waals surface area contributed by atoms with E-state index >= 15 is 0 Å². The van der Waals surface area contributed by atoms with Crippen molar-refractivity contribution in [3.05, 3.63) is 52.0 Å². The van der Waals surface area contributed by atoms with E-state index in [9.17, 15) is 18.3 Å². The molecule has 1 atom stereocenters. The largest absolute Gasteiger partial charge is 0.386 e. The number of benzene rings is 1. The van der Waals surface area contributed by atoms with Crippen molar-refractivity contribution in [1.29, 1.82) is 0 Å². The van der Waals surface area contributed by atoms with Crippen LogP contribution in [-0.2, 0) is 0 Å². The van der Waals surface area contributed by atoms with Crippen LogP contribution in [-0.4, -0.2) is 11.7 Å². The molecule has 0 amide bonds. The van der Waals surface area contributed by atoms with Gasteiger partial charge in [0, 0.05) is 29.2 Å². The summed E-state index contributed by atoms with van der Waals surface area (Å²) in [6, 6.07) is 5.24. The molecular weight excluding hydrogens is 263 g/mol. The highest BCUT2D eigenvalue weighted by atomic mass is 32.1. The number of aliphatic hydroxyl groups is 1. The van der Waals surface area contributed by atoms with Crippen LogP contribution in [0.25, 0.3) is 0 Å². The quantitative estimate of drug-likeness (QED) is 0.838. The first-order chi connectivity index (χ1) is 8.58. The molecule has 1 aromatic heterocycles. The van der Waals surface area contributed by atoms with Gasteiger partial charge in [0.1, 0.15) is 6.10 Å². The van der Waals surface area contributed by atoms with E-state index in [-0.39, 0.29) is 12.2 Å². The Morgan fingerprint density at radius 1 is 1.22 bits per heavy atom. The number of hydrogen-bond donors (Lipinski definition) is 2. The number of halogens is 3. The Labute approximate surface area is 106 Å². The normalized spacial score (nSPS) is 12.4. The van der Waals surface area contributed by atoms with E-state index in [2.05, 4.69) is 5.32 Å². The first-order valence-electron chi connectivity index (χ1n) is 5.18. The second kappa shape index (κ2) is 5.41. The minimum atomic E-state index is -1.50. The van der Waals surface area contributed by atoms with Crippen molar-refractivity contribution < 1.29 is 18.3 Å². The highest BCUT2D eigenvalue weighted by Crippen LogP contribution is 2.21. The van der Waals surface area contributed by atoms with Crippen molar-refractivity contribution in [3.63, 3.8) is 0 Å². The molecule has 0 aliphatic carbocycles. The summed E-state index contributed by atoms with van der Waals surface area (Å²) in [7, 11) is 0. The van der Waals surface area contributed by atoms with Crippen LogP contribution >= 0.6 is 11.3 Å². The number of nitrogens with one attached hydrogen (secondary N) is 1. The van der Waals surface area contributed by atoms with Crippen molar-refractivity contribution in [2.45, 2.75) is 6.10 Å². The highest BCUT2D eigenvalue weighted by Gasteiger charge is 2.12. The number of aliphatic hydroxyl groups excluding tert-OH is 1. The Balaban J connectivity index is 2.02. The average molecular weight is 273 g/mol. The third-order valence-corrected chi connectivity index (χ3v) is 3.33. The predicted molar refractivity (Wildman–Crippen MR) is 64.1 cm³/mol. The molecule has 1 heterocycles. The topological polar surface area (TPSA) is 32.3 Å². The lowest BCUT2D eigenvalue weighted by Crippen LogP contribution is -2.11. The second-order valence-electron chi connectivity index (χ2n) is 3.67. The van der Waals surface area contributed by atoms with Gasteiger partial charge in [0.25, 0.3) is 0 Å². The lowest BCUT2D eigenvalue weighted by atomic mass is 10.2. The summed E-state index contributed by atoms with van der Waals surface area (Å²) in [5.74, 6) is -4.02. The molecule has 0 aliphatic rings. The lowest BCUT2D eigenvalue weighted by molar-refractivity contribution is 0.195. The summed E-state index contributed by atoms with van der Waals surface area (Å²) < 4.78 is 38.6. The molecule has 0 aliphatic heterocycles. The highest BCUT2D eigenvalue weighted by molar-refractivity contribution is 7.10. The summed E-state index contributed by atoms with van der Waals surface area (Å²) in [6.45, 7) is 0.0883. The maximum Gasteiger partial charge on any atom is 0.194 e. The standard InChI is InChI=1S/C12H10F3NOS/c13-8-4-7(5-9(14)12(8)15)16-6-10(17)11-2-1-3-18-11/h1-5,10,16-17H,6H2. The summed E-state index contributed by atoms with van der Waals surface area (Å²) >= 11 is 1.38. The van der Waals surface area contributed by atoms with Crippen LogP contribution in [0.3, 0.4) is 0 Å². The predicted octanol–water partition coefficient (Wildman–Crippen LogP) is 3.31. The summed E-state index contributed by atoms with van der Waals surface area (Å²) in [5, 5.41) is 14.2. The number of rotatable bonds is 4. The van der Waals surface area contributed by atoms with Crippen LogP contribution in [0.1, 0.15) is 11.0 Å². The molecule has 0 spiro atoms. The van der Waals surface area contributed by atoms with Gasteiger partial charge in [0.05, 0.1) is 0 Å². The van der Waals surface area contributed by atoms with Crippen molar-refractivity contribution in [3.8, 4) is 0 Å². The molecule has 0 saturated heterocycles. The monoisotopic (exact) mass is 273 g/mol. The van der Waals surface area contributed by atoms with Gasteiger partial charge in [-0.1, -0.05) is 6.07 Å². The van der Waals surface area contributed by atoms with Gasteiger partial charge in [-0.05, 0) is 11.4 Å². The van der Waals surface area contributed by atoms with Crippen LogP contribution in [0.5, 0.6) is 0 Å². The van der Waals surface area contributed by atoms with E-state index in [1.165, 1.54) is 11.3 Å². The van der Waals surface area contributed by atoms with Crippen LogP contribution in [0, 0.1) is 17.5 Å². The summed E-state index contributed by atoms with van der Waals surface area (Å²) in [6.07, 6.45) is -0.777. The first kappa shape index (κ1) is 12.9. The van der Waals surface area contributed by atoms with E-state index in [0.717, 1.165) is 17.0 Å². The fourth-order valence-corrected chi connectivity index (χ4v) is 2.17. The molecule has 96 valence electrons. The third-order valence-electron chi connectivity index (χ3n) is 2.35. The zero-order valence-electron chi connectivity index (χ0n) is 9.16. The van der Waals surface area contributed by atoms with E-state index in [1.807, 2.05) is 5.38 Å². The van der Waals surface area contributed by atoms with Crippen molar-refractivity contribution >= 4 is 17.0 Å². The molecule has 2 rings (SSSR count). The smallest absolute Gasteiger partial charge is 0.194 e. The molecule has 2 aromatic rings. The van der Waals surface area contributed by atoms with Crippen LogP contribution in [0.4, 0.5) is 18.9 Å². The van der Waals surface area contributed by atoms with E-state index in [4.69, 9.17) is 0 Å². The summed E-state index contributed by atoms with van der Waals surface area (Å²) in [4.78, 5) is 0.741. The molecular formula is C12H10F3NOS. The third kappa shape index (κ3) is 2.83. The molecule has 1 aromatic carbocycles. The number of anilines is 1. The summed E-state index contributed by atoms with van der Waals surface area (Å²) in [5.41, 5.74) is 0.0852. The zero-order valence-corrected chi connectivity index (χ0v) is 9.98. The molecule has 6 heteroatoms. The molecule has 2 N–H and O–H groups in total. The van der Waals surface area contributed by atoms with Gasteiger partial charge in [0.2, 0.25) is 0 Å². The minimum absolute atomic E-state index is 0.0852. The van der Waals surface area contributed by atoms with Crippen molar-refractivity contribution in [2.24, 2.45) is 0 Å². The fourth-order valence-electron chi connectivity index (χ4n) is 1.45. The Morgan fingerprint density at radius 3 is 2.44 bits per heavy atom. The van der Waals surface area contributed by atoms with Gasteiger partial charge in [-0.15, -0.1) is 11.3 Å². The van der Waals surface area contributed by atoms with E-state index in [1.54, 1.807) is 12.1 Å². The van der Waals surface area contributed by atoms with Crippen LogP contribution < -0.4 is 5.32 Å². The van der Waals surface area contributed by atoms with Gasteiger partial charge >= 0.3 is 0 Å². The molecule has 0 saturated carbocycles. The molecule has 0 bridgehead atoms. The lowest BCUT2D eigenvalue weighted by Gasteiger charge is -2.11. The van der Waals surface area contributed by atoms with E-state index in [0.29, 0.717) is 0 Å². The Morgan fingerprint density at radius 2 is 1.89 bits per heavy atom. The number of hydrogen-bond acceptors (Lipinski definition) is 3. The van der Waals surface area contributed by atoms with Gasteiger partial charge in [-0.25, -0.2) is 13.2 Å². The zero-order chi connectivity index (χ0) is 13.1. The van der Waals surface area contributed by atoms with Crippen molar-refractivity contribution in [1.82, 2.24) is 0 Å². The molecule has 0 radical (unpaired) electrons. The Hall–Kier alpha value is -1.53.